The van der Waals surface area contributed by atoms with Gasteiger partial charge in [-0.15, -0.1) is 0 Å². The molecule has 0 aromatic carbocycles. The van der Waals surface area contributed by atoms with Crippen LogP contribution in [-0.2, 0) is 13.9 Å². The van der Waals surface area contributed by atoms with E-state index in [2.05, 4.69) is 211 Å². The van der Waals surface area contributed by atoms with Gasteiger partial charge in [-0.05, 0) is 131 Å². The summed E-state index contributed by atoms with van der Waals surface area (Å²) in [7, 11) is -4.13. The average molecular weight is 630 g/mol. The fourth-order valence-electron chi connectivity index (χ4n) is 1.81. The van der Waals surface area contributed by atoms with Crippen LogP contribution < -0.4 is 5.32 Å². The van der Waals surface area contributed by atoms with Crippen LogP contribution in [0.2, 0.25) is 0 Å². The van der Waals surface area contributed by atoms with Crippen LogP contribution in [0, 0.1) is 177 Å². The molecule has 0 aliphatic rings. The zero-order valence-electron chi connectivity index (χ0n) is 25.4. The van der Waals surface area contributed by atoms with E-state index >= 15 is 0 Å². The summed E-state index contributed by atoms with van der Waals surface area (Å²) in [5, 5.41) is 2.41. The third-order valence-corrected chi connectivity index (χ3v) is 4.49. The van der Waals surface area contributed by atoms with Gasteiger partial charge in [0, 0.05) is 90.2 Å². The summed E-state index contributed by atoms with van der Waals surface area (Å²) in [5.74, 6) is 71.6. The number of amides is 1. The lowest BCUT2D eigenvalue weighted by Gasteiger charge is -2.05. The Morgan fingerprint density at radius 3 is 1.31 bits per heavy atom. The van der Waals surface area contributed by atoms with E-state index in [1.54, 1.807) is 0 Å². The third-order valence-electron chi connectivity index (χ3n) is 3.56. The van der Waals surface area contributed by atoms with Gasteiger partial charge >= 0.3 is 7.60 Å². The van der Waals surface area contributed by atoms with E-state index < -0.39 is 7.60 Å². The van der Waals surface area contributed by atoms with E-state index in [-0.39, 0.29) is 19.1 Å². The normalized spacial score (nSPS) is 7.06. The minimum absolute atomic E-state index is 0.0810. The molecule has 2 N–H and O–H groups in total. The highest BCUT2D eigenvalue weighted by Crippen LogP contribution is 2.39. The Bertz CT molecular complexity index is 2510. The summed E-state index contributed by atoms with van der Waals surface area (Å²) in [5.41, 5.74) is 13.2. The molecule has 1 unspecified atom stereocenters. The molecule has 0 bridgehead atoms. The fraction of sp³-hybridized carbons (Fsp3) is 0.119. The Morgan fingerprint density at radius 1 is 0.625 bits per heavy atom. The Labute approximate surface area is 282 Å². The van der Waals surface area contributed by atoms with Gasteiger partial charge in [-0.1, -0.05) is 12.7 Å². The Balaban J connectivity index is 4.65. The quantitative estimate of drug-likeness (QED) is 0.211. The molecule has 0 aliphatic heterocycles. The van der Waals surface area contributed by atoms with Crippen LogP contribution in [-0.4, -0.2) is 24.0 Å². The number of nitrogens with one attached hydrogen (secondary N) is 1. The van der Waals surface area contributed by atoms with Gasteiger partial charge in [0.15, 0.2) is 0 Å². The summed E-state index contributed by atoms with van der Waals surface area (Å²) >= 11 is 0. The van der Waals surface area contributed by atoms with Gasteiger partial charge < -0.3 is 10.2 Å². The molecule has 0 aliphatic carbocycles. The highest BCUT2D eigenvalue weighted by Gasteiger charge is 2.14. The monoisotopic (exact) mass is 629 g/mol. The van der Waals surface area contributed by atoms with Crippen LogP contribution >= 0.6 is 7.60 Å². The van der Waals surface area contributed by atoms with Crippen molar-refractivity contribution in [2.24, 2.45) is 0 Å². The maximum atomic E-state index is 11.6. The predicted octanol–water partition coefficient (Wildman–Crippen LogP) is 1.92. The SMILES string of the molecule is C=C=C=C=C=C(C#CC#CC#CC#CC#CC#CC#CC#CC#CC#CC#CC#CC#CC#CC#CP(=O)(O)OCCNC(C)=O)CC. The van der Waals surface area contributed by atoms with Crippen molar-refractivity contribution in [2.45, 2.75) is 20.3 Å². The number of allylic oxidation sites excluding steroid dienone is 1. The second-order valence-electron chi connectivity index (χ2n) is 6.96. The maximum Gasteiger partial charge on any atom is 0.404 e. The second-order valence-corrected chi connectivity index (χ2v) is 8.48. The highest BCUT2D eigenvalue weighted by atomic mass is 31.2. The summed E-state index contributed by atoms with van der Waals surface area (Å²) in [6.07, 6.45) is 0.683. The molecule has 0 saturated heterocycles. The van der Waals surface area contributed by atoms with E-state index in [4.69, 9.17) is 0 Å². The van der Waals surface area contributed by atoms with Crippen molar-refractivity contribution in [1.29, 1.82) is 0 Å². The van der Waals surface area contributed by atoms with Crippen molar-refractivity contribution in [3.05, 3.63) is 35.1 Å². The molecule has 0 radical (unpaired) electrons. The standard InChI is InChI=1S/C42H16NO4P/c1-4-6-33-36-42(5-2)37-34-31-29-27-25-23-21-19-17-15-13-11-9-7-8-10-12-14-16-18-20-22-24-26-28-30-32-35-40-48(45,46)47-39-38-43-41(3)44/h1,5,38-39H2,2-3H3,(H,43,44)(H,45,46). The van der Waals surface area contributed by atoms with Gasteiger partial charge in [-0.25, -0.2) is 4.57 Å². The van der Waals surface area contributed by atoms with Crippen molar-refractivity contribution in [3.63, 3.8) is 0 Å². The summed E-state index contributed by atoms with van der Waals surface area (Å²) in [6, 6.07) is 0. The Hall–Kier alpha value is -8.12. The van der Waals surface area contributed by atoms with Crippen LogP contribution in [0.15, 0.2) is 35.1 Å². The summed E-state index contributed by atoms with van der Waals surface area (Å²) in [4.78, 5) is 20.2. The zero-order chi connectivity index (χ0) is 35.2. The van der Waals surface area contributed by atoms with Crippen LogP contribution in [0.4, 0.5) is 0 Å². The zero-order valence-corrected chi connectivity index (χ0v) is 26.3. The average Bonchev–Trinajstić information content (AvgIpc) is 3.06. The number of hydrogen-bond acceptors (Lipinski definition) is 3. The van der Waals surface area contributed by atoms with Crippen LogP contribution in [0.1, 0.15) is 20.3 Å². The Kier molecular flexibility index (Phi) is 25.2. The third kappa shape index (κ3) is 30.8. The lowest BCUT2D eigenvalue weighted by atomic mass is 10.2. The van der Waals surface area contributed by atoms with E-state index in [9.17, 15) is 14.3 Å². The van der Waals surface area contributed by atoms with E-state index in [1.807, 2.05) is 12.6 Å². The van der Waals surface area contributed by atoms with Crippen molar-refractivity contribution in [1.82, 2.24) is 5.32 Å². The van der Waals surface area contributed by atoms with Crippen molar-refractivity contribution in [2.75, 3.05) is 13.2 Å². The van der Waals surface area contributed by atoms with Gasteiger partial charge in [0.25, 0.3) is 0 Å². The first-order valence-corrected chi connectivity index (χ1v) is 14.4. The molecule has 1 amide bonds. The first kappa shape index (κ1) is 39.9. The number of rotatable bonds is 5. The highest BCUT2D eigenvalue weighted by molar-refractivity contribution is 7.58. The molecule has 0 spiro atoms. The van der Waals surface area contributed by atoms with Gasteiger partial charge in [0.2, 0.25) is 5.91 Å². The van der Waals surface area contributed by atoms with Crippen LogP contribution in [0.3, 0.4) is 0 Å². The van der Waals surface area contributed by atoms with Gasteiger partial charge in [-0.3, -0.25) is 9.32 Å². The molecule has 0 rings (SSSR count). The van der Waals surface area contributed by atoms with E-state index in [1.165, 1.54) is 6.92 Å². The van der Waals surface area contributed by atoms with E-state index in [0.717, 1.165) is 5.57 Å². The first-order valence-electron chi connectivity index (χ1n) is 12.8. The van der Waals surface area contributed by atoms with Crippen LogP contribution in [0.25, 0.3) is 0 Å². The van der Waals surface area contributed by atoms with Gasteiger partial charge in [0.05, 0.1) is 12.2 Å². The topological polar surface area (TPSA) is 75.6 Å². The molecule has 0 aromatic rings. The van der Waals surface area contributed by atoms with Crippen LogP contribution in [0.5, 0.6) is 0 Å². The van der Waals surface area contributed by atoms with Crippen molar-refractivity contribution < 1.29 is 18.8 Å². The fourth-order valence-corrected chi connectivity index (χ4v) is 2.41. The molecule has 5 nitrogen and oxygen atoms in total. The maximum absolute atomic E-state index is 11.6. The Morgan fingerprint density at radius 2 is 0.979 bits per heavy atom. The number of carbonyl (C=O) groups excluding carboxylic acids is 1. The smallest absolute Gasteiger partial charge is 0.354 e. The van der Waals surface area contributed by atoms with E-state index in [0.29, 0.717) is 6.42 Å². The molecule has 218 valence electrons. The molecule has 0 fully saturated rings. The van der Waals surface area contributed by atoms with Gasteiger partial charge in [-0.2, -0.15) is 0 Å². The van der Waals surface area contributed by atoms with Crippen molar-refractivity contribution >= 4 is 13.5 Å². The molecular weight excluding hydrogens is 613 g/mol. The molecule has 6 heteroatoms. The predicted molar refractivity (Wildman–Crippen MR) is 185 cm³/mol. The molecular formula is C42H16NO4P. The molecule has 0 heterocycles. The minimum Gasteiger partial charge on any atom is -0.354 e. The summed E-state index contributed by atoms with van der Waals surface area (Å²) < 4.78 is 16.3. The lowest BCUT2D eigenvalue weighted by molar-refractivity contribution is -0.119. The van der Waals surface area contributed by atoms with Gasteiger partial charge in [0.1, 0.15) is 0 Å². The molecule has 1 atom stereocenters. The largest absolute Gasteiger partial charge is 0.404 e. The first-order chi connectivity index (χ1) is 23.4. The summed E-state index contributed by atoms with van der Waals surface area (Å²) in [6.45, 7) is 6.53. The number of hydrogen-bond donors (Lipinski definition) is 2. The molecule has 0 saturated carbocycles. The van der Waals surface area contributed by atoms with Crippen molar-refractivity contribution in [3.8, 4) is 177 Å². The number of carbonyl (C=O) groups is 1. The molecule has 48 heavy (non-hydrogen) atoms. The lowest BCUT2D eigenvalue weighted by Crippen LogP contribution is -2.23. The minimum atomic E-state index is -4.13. The molecule has 0 aromatic heterocycles. The second kappa shape index (κ2) is 30.3.